The number of benzene rings is 1. The molecular weight excluding hydrogens is 330 g/mol. The van der Waals surface area contributed by atoms with Crippen LogP contribution in [0.1, 0.15) is 12.8 Å². The Morgan fingerprint density at radius 3 is 2.96 bits per heavy atom. The van der Waals surface area contributed by atoms with Gasteiger partial charge in [-0.25, -0.2) is 4.98 Å². The number of H-pyrrole nitrogens is 1. The molecule has 9 heteroatoms. The zero-order valence-electron chi connectivity index (χ0n) is 12.8. The molecule has 1 aliphatic heterocycles. The highest BCUT2D eigenvalue weighted by Gasteiger charge is 2.35. The number of carbonyl (C=O) groups excluding carboxylic acids is 1. The fourth-order valence-corrected chi connectivity index (χ4v) is 2.90. The van der Waals surface area contributed by atoms with Gasteiger partial charge in [0.1, 0.15) is 12.6 Å². The van der Waals surface area contributed by atoms with E-state index in [9.17, 15) is 9.59 Å². The van der Waals surface area contributed by atoms with Crippen molar-refractivity contribution in [2.75, 3.05) is 18.4 Å². The van der Waals surface area contributed by atoms with Gasteiger partial charge in [-0.05, 0) is 37.2 Å². The molecule has 1 aromatic heterocycles. The number of nitrogens with one attached hydrogen (secondary N) is 3. The third-order valence-electron chi connectivity index (χ3n) is 3.75. The number of fused-ring (bicyclic) bond motifs is 1. The first-order valence-corrected chi connectivity index (χ1v) is 7.97. The minimum Gasteiger partial charge on any atom is -0.480 e. The van der Waals surface area contributed by atoms with Crippen LogP contribution >= 0.6 is 12.2 Å². The zero-order valence-corrected chi connectivity index (χ0v) is 13.6. The van der Waals surface area contributed by atoms with Crippen LogP contribution in [0.5, 0.6) is 0 Å². The SMILES string of the molecule is O=C(O)CN1C(=O)C(CCCNc2nc3ccccc3[nH]2)NC1=S. The molecule has 1 saturated heterocycles. The molecule has 0 radical (unpaired) electrons. The number of carbonyl (C=O) groups is 2. The van der Waals surface area contributed by atoms with Crippen molar-refractivity contribution in [1.82, 2.24) is 20.2 Å². The lowest BCUT2D eigenvalue weighted by molar-refractivity contribution is -0.141. The number of anilines is 1. The second-order valence-corrected chi connectivity index (χ2v) is 5.88. The summed E-state index contributed by atoms with van der Waals surface area (Å²) in [6.45, 7) is 0.232. The molecule has 0 aliphatic carbocycles. The molecule has 1 unspecified atom stereocenters. The van der Waals surface area contributed by atoms with E-state index in [-0.39, 0.29) is 11.0 Å². The highest BCUT2D eigenvalue weighted by molar-refractivity contribution is 7.80. The molecule has 1 aromatic carbocycles. The maximum atomic E-state index is 12.1. The smallest absolute Gasteiger partial charge is 0.323 e. The topological polar surface area (TPSA) is 110 Å². The summed E-state index contributed by atoms with van der Waals surface area (Å²) in [6.07, 6.45) is 1.27. The number of aromatic nitrogens is 2. The third-order valence-corrected chi connectivity index (χ3v) is 4.09. The number of para-hydroxylation sites is 2. The molecule has 8 nitrogen and oxygen atoms in total. The third kappa shape index (κ3) is 3.46. The Labute approximate surface area is 143 Å². The largest absolute Gasteiger partial charge is 0.480 e. The zero-order chi connectivity index (χ0) is 17.1. The fraction of sp³-hybridized carbons (Fsp3) is 0.333. The number of nitrogens with zero attached hydrogens (tertiary/aromatic N) is 2. The molecule has 126 valence electrons. The Morgan fingerprint density at radius 2 is 2.21 bits per heavy atom. The van der Waals surface area contributed by atoms with Crippen molar-refractivity contribution in [2.24, 2.45) is 0 Å². The van der Waals surface area contributed by atoms with Crippen molar-refractivity contribution in [2.45, 2.75) is 18.9 Å². The number of amides is 1. The van der Waals surface area contributed by atoms with Crippen LogP contribution in [0.15, 0.2) is 24.3 Å². The van der Waals surface area contributed by atoms with Gasteiger partial charge in [0.05, 0.1) is 11.0 Å². The maximum Gasteiger partial charge on any atom is 0.323 e. The molecule has 0 spiro atoms. The summed E-state index contributed by atoms with van der Waals surface area (Å²) < 4.78 is 0. The normalized spacial score (nSPS) is 17.3. The summed E-state index contributed by atoms with van der Waals surface area (Å²) in [5, 5.41) is 15.0. The number of carboxylic acid groups (broad SMARTS) is 1. The fourth-order valence-electron chi connectivity index (χ4n) is 2.61. The van der Waals surface area contributed by atoms with Crippen LogP contribution in [0.25, 0.3) is 11.0 Å². The Morgan fingerprint density at radius 1 is 1.42 bits per heavy atom. The summed E-state index contributed by atoms with van der Waals surface area (Å²) in [7, 11) is 0. The number of aliphatic carboxylic acids is 1. The molecule has 2 heterocycles. The van der Waals surface area contributed by atoms with E-state index in [1.807, 2.05) is 24.3 Å². The molecule has 24 heavy (non-hydrogen) atoms. The van der Waals surface area contributed by atoms with Gasteiger partial charge in [-0.15, -0.1) is 0 Å². The second-order valence-electron chi connectivity index (χ2n) is 5.49. The lowest BCUT2D eigenvalue weighted by Crippen LogP contribution is -2.36. The van der Waals surface area contributed by atoms with E-state index in [4.69, 9.17) is 17.3 Å². The van der Waals surface area contributed by atoms with Crippen molar-refractivity contribution in [3.8, 4) is 0 Å². The number of carboxylic acids is 1. The van der Waals surface area contributed by atoms with Crippen LogP contribution in [-0.2, 0) is 9.59 Å². The number of hydrogen-bond acceptors (Lipinski definition) is 5. The van der Waals surface area contributed by atoms with Gasteiger partial charge in [0.15, 0.2) is 5.11 Å². The predicted octanol–water partition coefficient (Wildman–Crippen LogP) is 0.925. The summed E-state index contributed by atoms with van der Waals surface area (Å²) >= 11 is 5.01. The van der Waals surface area contributed by atoms with Crippen LogP contribution in [0, 0.1) is 0 Å². The van der Waals surface area contributed by atoms with Crippen molar-refractivity contribution in [1.29, 1.82) is 0 Å². The van der Waals surface area contributed by atoms with Crippen LogP contribution in [0.2, 0.25) is 0 Å². The van der Waals surface area contributed by atoms with Gasteiger partial charge in [0, 0.05) is 6.54 Å². The van der Waals surface area contributed by atoms with Crippen molar-refractivity contribution in [3.63, 3.8) is 0 Å². The van der Waals surface area contributed by atoms with Crippen molar-refractivity contribution < 1.29 is 14.7 Å². The first kappa shape index (κ1) is 16.2. The quantitative estimate of drug-likeness (QED) is 0.435. The van der Waals surface area contributed by atoms with E-state index in [1.54, 1.807) is 0 Å². The molecule has 1 amide bonds. The monoisotopic (exact) mass is 347 g/mol. The molecule has 1 atom stereocenters. The summed E-state index contributed by atoms with van der Waals surface area (Å²) in [6, 6.07) is 7.28. The first-order valence-electron chi connectivity index (χ1n) is 7.57. The molecular formula is C15H17N5O3S. The minimum atomic E-state index is -1.08. The van der Waals surface area contributed by atoms with E-state index in [1.165, 1.54) is 0 Å². The molecule has 1 fully saturated rings. The van der Waals surface area contributed by atoms with E-state index >= 15 is 0 Å². The minimum absolute atomic E-state index is 0.178. The first-order chi connectivity index (χ1) is 11.5. The number of hydrogen-bond donors (Lipinski definition) is 4. The summed E-state index contributed by atoms with van der Waals surface area (Å²) in [4.78, 5) is 31.5. The van der Waals surface area contributed by atoms with Gasteiger partial charge in [0.25, 0.3) is 5.91 Å². The molecule has 1 aliphatic rings. The average molecular weight is 347 g/mol. The Bertz CT molecular complexity index is 757. The van der Waals surface area contributed by atoms with Gasteiger partial charge >= 0.3 is 5.97 Å². The Balaban J connectivity index is 1.47. The predicted molar refractivity (Wildman–Crippen MR) is 92.7 cm³/mol. The van der Waals surface area contributed by atoms with Crippen molar-refractivity contribution in [3.05, 3.63) is 24.3 Å². The number of rotatable bonds is 7. The van der Waals surface area contributed by atoms with Gasteiger partial charge in [-0.3, -0.25) is 14.5 Å². The van der Waals surface area contributed by atoms with E-state index in [0.29, 0.717) is 25.3 Å². The standard InChI is InChI=1S/C15H17N5O3S/c21-12(22)8-20-13(23)11(19-15(20)24)6-3-7-16-14-17-9-4-1-2-5-10(9)18-14/h1-2,4-5,11H,3,6-8H2,(H,19,24)(H,21,22)(H2,16,17,18). The van der Waals surface area contributed by atoms with Gasteiger partial charge in [0.2, 0.25) is 5.95 Å². The maximum absolute atomic E-state index is 12.1. The van der Waals surface area contributed by atoms with Crippen molar-refractivity contribution >= 4 is 46.2 Å². The molecule has 0 bridgehead atoms. The van der Waals surface area contributed by atoms with Crippen LogP contribution in [0.3, 0.4) is 0 Å². The molecule has 0 saturated carbocycles. The highest BCUT2D eigenvalue weighted by Crippen LogP contribution is 2.14. The highest BCUT2D eigenvalue weighted by atomic mass is 32.1. The van der Waals surface area contributed by atoms with Crippen LogP contribution in [-0.4, -0.2) is 56.1 Å². The Kier molecular flexibility index (Phi) is 4.61. The van der Waals surface area contributed by atoms with Gasteiger partial charge in [-0.2, -0.15) is 0 Å². The van der Waals surface area contributed by atoms with Crippen LogP contribution < -0.4 is 10.6 Å². The second kappa shape index (κ2) is 6.83. The average Bonchev–Trinajstić information content (AvgIpc) is 3.07. The number of aromatic amines is 1. The molecule has 2 aromatic rings. The summed E-state index contributed by atoms with van der Waals surface area (Å²) in [5.74, 6) is -0.684. The molecule has 3 rings (SSSR count). The van der Waals surface area contributed by atoms with E-state index < -0.39 is 18.6 Å². The lowest BCUT2D eigenvalue weighted by Gasteiger charge is -2.11. The number of imidazole rings is 1. The lowest BCUT2D eigenvalue weighted by atomic mass is 10.1. The number of thiocarbonyl (C=S) groups is 1. The van der Waals surface area contributed by atoms with Crippen LogP contribution in [0.4, 0.5) is 5.95 Å². The van der Waals surface area contributed by atoms with E-state index in [2.05, 4.69) is 20.6 Å². The van der Waals surface area contributed by atoms with Gasteiger partial charge in [-0.1, -0.05) is 12.1 Å². The van der Waals surface area contributed by atoms with E-state index in [0.717, 1.165) is 15.9 Å². The summed E-state index contributed by atoms with van der Waals surface area (Å²) in [5.41, 5.74) is 1.85. The Hall–Kier alpha value is -2.68. The molecule has 4 N–H and O–H groups in total. The van der Waals surface area contributed by atoms with Gasteiger partial charge < -0.3 is 20.7 Å².